The molecule has 2 rings (SSSR count). The van der Waals surface area contributed by atoms with E-state index in [9.17, 15) is 14.4 Å². The first-order chi connectivity index (χ1) is 9.13. The van der Waals surface area contributed by atoms with Gasteiger partial charge in [-0.3, -0.25) is 9.69 Å². The van der Waals surface area contributed by atoms with Gasteiger partial charge >= 0.3 is 12.0 Å². The normalized spacial score (nSPS) is 15.4. The summed E-state index contributed by atoms with van der Waals surface area (Å²) in [5.41, 5.74) is 0.463. The highest BCUT2D eigenvalue weighted by atomic mass is 16.4. The Morgan fingerprint density at radius 2 is 1.95 bits per heavy atom. The maximum Gasteiger partial charge on any atom is 0.330 e. The number of benzene rings is 1. The van der Waals surface area contributed by atoms with Crippen LogP contribution in [0.25, 0.3) is 0 Å². The van der Waals surface area contributed by atoms with Crippen LogP contribution in [0.3, 0.4) is 0 Å². The number of carboxylic acid groups (broad SMARTS) is 1. The third kappa shape index (κ3) is 3.09. The summed E-state index contributed by atoms with van der Waals surface area (Å²) in [6.45, 7) is 0. The molecule has 100 valence electrons. The van der Waals surface area contributed by atoms with E-state index in [-0.39, 0.29) is 6.04 Å². The second kappa shape index (κ2) is 5.51. The molecule has 1 unspecified atom stereocenters. The van der Waals surface area contributed by atoms with Gasteiger partial charge in [0.2, 0.25) is 6.41 Å². The number of imide groups is 1. The number of rotatable bonds is 5. The van der Waals surface area contributed by atoms with Crippen LogP contribution in [-0.4, -0.2) is 34.5 Å². The Bertz CT molecular complexity index is 485. The Hall–Kier alpha value is -2.37. The van der Waals surface area contributed by atoms with Crippen molar-refractivity contribution in [2.24, 2.45) is 0 Å². The maximum atomic E-state index is 11.9. The lowest BCUT2D eigenvalue weighted by Crippen LogP contribution is -2.44. The number of carbonyl (C=O) groups excluding carboxylic acids is 2. The number of nitrogens with one attached hydrogen (secondary N) is 1. The van der Waals surface area contributed by atoms with Gasteiger partial charge in [-0.05, 0) is 18.4 Å². The Morgan fingerprint density at radius 1 is 1.32 bits per heavy atom. The summed E-state index contributed by atoms with van der Waals surface area (Å²) >= 11 is 0. The molecule has 1 saturated carbocycles. The number of carboxylic acids is 1. The molecular formula is C13H14N2O4. The molecule has 6 nitrogen and oxygen atoms in total. The molecule has 1 aromatic carbocycles. The van der Waals surface area contributed by atoms with Crippen LogP contribution in [0.1, 0.15) is 24.4 Å². The van der Waals surface area contributed by atoms with Crippen LogP contribution in [0.4, 0.5) is 4.79 Å². The van der Waals surface area contributed by atoms with E-state index in [1.807, 2.05) is 0 Å². The molecule has 3 amide bonds. The summed E-state index contributed by atoms with van der Waals surface area (Å²) in [6, 6.07) is 6.44. The first kappa shape index (κ1) is 13.1. The van der Waals surface area contributed by atoms with Crippen LogP contribution in [-0.2, 0) is 9.59 Å². The largest absolute Gasteiger partial charge is 0.479 e. The molecule has 0 heterocycles. The Morgan fingerprint density at radius 3 is 2.42 bits per heavy atom. The predicted molar refractivity (Wildman–Crippen MR) is 66.3 cm³/mol. The maximum absolute atomic E-state index is 11.9. The van der Waals surface area contributed by atoms with Crippen LogP contribution in [0, 0.1) is 0 Å². The summed E-state index contributed by atoms with van der Waals surface area (Å²) < 4.78 is 0. The van der Waals surface area contributed by atoms with E-state index in [0.717, 1.165) is 17.7 Å². The lowest BCUT2D eigenvalue weighted by Gasteiger charge is -2.20. The molecular weight excluding hydrogens is 248 g/mol. The number of aliphatic carboxylic acids is 1. The molecule has 0 bridgehead atoms. The van der Waals surface area contributed by atoms with Crippen molar-refractivity contribution < 1.29 is 19.5 Å². The average Bonchev–Trinajstić information content (AvgIpc) is 3.22. The van der Waals surface area contributed by atoms with Crippen molar-refractivity contribution in [3.8, 4) is 0 Å². The molecule has 1 fully saturated rings. The Kier molecular flexibility index (Phi) is 3.79. The third-order valence-electron chi connectivity index (χ3n) is 2.94. The topological polar surface area (TPSA) is 86.7 Å². The van der Waals surface area contributed by atoms with Gasteiger partial charge in [0.15, 0.2) is 6.04 Å². The lowest BCUT2D eigenvalue weighted by atomic mass is 10.1. The van der Waals surface area contributed by atoms with E-state index in [2.05, 4.69) is 5.32 Å². The van der Waals surface area contributed by atoms with Gasteiger partial charge in [-0.2, -0.15) is 0 Å². The highest BCUT2D eigenvalue weighted by molar-refractivity contribution is 5.89. The molecule has 2 N–H and O–H groups in total. The summed E-state index contributed by atoms with van der Waals surface area (Å²) in [5, 5.41) is 11.5. The molecule has 0 aliphatic heterocycles. The lowest BCUT2D eigenvalue weighted by molar-refractivity contribution is -0.139. The van der Waals surface area contributed by atoms with E-state index in [0.29, 0.717) is 12.0 Å². The third-order valence-corrected chi connectivity index (χ3v) is 2.94. The van der Waals surface area contributed by atoms with E-state index in [1.165, 1.54) is 0 Å². The van der Waals surface area contributed by atoms with Crippen molar-refractivity contribution in [3.63, 3.8) is 0 Å². The molecule has 6 heteroatoms. The van der Waals surface area contributed by atoms with E-state index >= 15 is 0 Å². The Labute approximate surface area is 110 Å². The van der Waals surface area contributed by atoms with Crippen LogP contribution in [0.2, 0.25) is 0 Å². The molecule has 0 aromatic heterocycles. The molecule has 1 aromatic rings. The van der Waals surface area contributed by atoms with Crippen LogP contribution in [0.5, 0.6) is 0 Å². The summed E-state index contributed by atoms with van der Waals surface area (Å²) in [6.07, 6.45) is 1.99. The average molecular weight is 262 g/mol. The fourth-order valence-electron chi connectivity index (χ4n) is 1.78. The van der Waals surface area contributed by atoms with Crippen molar-refractivity contribution in [2.75, 3.05) is 0 Å². The summed E-state index contributed by atoms with van der Waals surface area (Å²) in [7, 11) is 0. The van der Waals surface area contributed by atoms with Crippen molar-refractivity contribution in [2.45, 2.75) is 24.9 Å². The van der Waals surface area contributed by atoms with Crippen LogP contribution >= 0.6 is 0 Å². The van der Waals surface area contributed by atoms with Gasteiger partial charge in [0.25, 0.3) is 0 Å². The second-order valence-electron chi connectivity index (χ2n) is 4.38. The summed E-state index contributed by atoms with van der Waals surface area (Å²) in [4.78, 5) is 34.9. The first-order valence-electron chi connectivity index (χ1n) is 5.95. The van der Waals surface area contributed by atoms with Gasteiger partial charge in [-0.1, -0.05) is 30.3 Å². The summed E-state index contributed by atoms with van der Waals surface area (Å²) in [5.74, 6) is -1.17. The minimum Gasteiger partial charge on any atom is -0.479 e. The molecule has 1 aliphatic carbocycles. The Balaban J connectivity index is 2.11. The zero-order valence-corrected chi connectivity index (χ0v) is 10.2. The number of nitrogens with zero attached hydrogens (tertiary/aromatic N) is 1. The number of hydrogen-bond donors (Lipinski definition) is 2. The van der Waals surface area contributed by atoms with Gasteiger partial charge in [-0.15, -0.1) is 0 Å². The van der Waals surface area contributed by atoms with Crippen LogP contribution < -0.4 is 5.32 Å². The van der Waals surface area contributed by atoms with Gasteiger partial charge in [0.1, 0.15) is 0 Å². The molecule has 0 radical (unpaired) electrons. The second-order valence-corrected chi connectivity index (χ2v) is 4.38. The fourth-order valence-corrected chi connectivity index (χ4v) is 1.78. The van der Waals surface area contributed by atoms with Crippen molar-refractivity contribution in [1.82, 2.24) is 10.2 Å². The zero-order valence-electron chi connectivity index (χ0n) is 10.2. The standard InChI is InChI=1S/C13H14N2O4/c16-8-15(10-6-7-10)13(19)14-11(12(17)18)9-4-2-1-3-5-9/h1-5,8,10-11H,6-7H2,(H,14,19)(H,17,18). The predicted octanol–water partition coefficient (Wildman–Crippen LogP) is 1.14. The highest BCUT2D eigenvalue weighted by Crippen LogP contribution is 2.26. The van der Waals surface area contributed by atoms with Gasteiger partial charge in [0, 0.05) is 6.04 Å². The van der Waals surface area contributed by atoms with E-state index in [1.54, 1.807) is 30.3 Å². The molecule has 19 heavy (non-hydrogen) atoms. The number of amides is 3. The number of urea groups is 1. The van der Waals surface area contributed by atoms with Gasteiger partial charge in [0.05, 0.1) is 0 Å². The van der Waals surface area contributed by atoms with Crippen molar-refractivity contribution >= 4 is 18.4 Å². The zero-order chi connectivity index (χ0) is 13.8. The number of hydrogen-bond acceptors (Lipinski definition) is 3. The first-order valence-corrected chi connectivity index (χ1v) is 5.95. The van der Waals surface area contributed by atoms with Crippen molar-refractivity contribution in [3.05, 3.63) is 35.9 Å². The minimum absolute atomic E-state index is 0.0947. The highest BCUT2D eigenvalue weighted by Gasteiger charge is 2.34. The molecule has 0 saturated heterocycles. The van der Waals surface area contributed by atoms with Crippen LogP contribution in [0.15, 0.2) is 30.3 Å². The van der Waals surface area contributed by atoms with Crippen molar-refractivity contribution in [1.29, 1.82) is 0 Å². The monoisotopic (exact) mass is 262 g/mol. The van der Waals surface area contributed by atoms with Gasteiger partial charge < -0.3 is 10.4 Å². The fraction of sp³-hybridized carbons (Fsp3) is 0.308. The minimum atomic E-state index is -1.17. The molecule has 1 aliphatic rings. The number of carbonyl (C=O) groups is 3. The van der Waals surface area contributed by atoms with Gasteiger partial charge in [-0.25, -0.2) is 9.59 Å². The smallest absolute Gasteiger partial charge is 0.330 e. The molecule has 1 atom stereocenters. The van der Waals surface area contributed by atoms with E-state index < -0.39 is 18.0 Å². The quantitative estimate of drug-likeness (QED) is 0.779. The van der Waals surface area contributed by atoms with E-state index in [4.69, 9.17) is 5.11 Å². The molecule has 0 spiro atoms. The SMILES string of the molecule is O=CN(C(=O)NC(C(=O)O)c1ccccc1)C1CC1.